The number of rotatable bonds is 2. The fraction of sp³-hybridized carbons (Fsp3) is 0.125. The smallest absolute Gasteiger partial charge is 0.204 e. The molecule has 2 aromatic rings. The molecule has 2 rings (SSSR count). The Balaban J connectivity index is 2.43. The number of thiol groups is 1. The normalized spacial score (nSPS) is 10.1. The molecule has 0 spiro atoms. The standard InChI is InChI=1S/C8H8N4OS/c1-13-6-3-2-5(4-7(6)14)8-9-11-12-10-8/h2-4,14H,1H3,(H,9,10,11,12). The predicted octanol–water partition coefficient (Wildman–Crippen LogP) is 1.16. The Morgan fingerprint density at radius 2 is 2.29 bits per heavy atom. The van der Waals surface area contributed by atoms with Crippen molar-refractivity contribution in [1.29, 1.82) is 0 Å². The van der Waals surface area contributed by atoms with E-state index in [2.05, 4.69) is 33.3 Å². The summed E-state index contributed by atoms with van der Waals surface area (Å²) in [6.07, 6.45) is 0. The van der Waals surface area contributed by atoms with Crippen molar-refractivity contribution in [2.45, 2.75) is 4.90 Å². The van der Waals surface area contributed by atoms with Crippen LogP contribution in [-0.4, -0.2) is 27.7 Å². The first-order valence-electron chi connectivity index (χ1n) is 3.92. The first kappa shape index (κ1) is 9.01. The molecule has 0 bridgehead atoms. The Bertz CT molecular complexity index is 429. The SMILES string of the molecule is COc1ccc(-c2nn[nH]n2)cc1S. The molecular formula is C8H8N4OS. The number of hydrogen-bond acceptors (Lipinski definition) is 5. The molecule has 1 aromatic carbocycles. The van der Waals surface area contributed by atoms with Crippen LogP contribution in [0.1, 0.15) is 0 Å². The largest absolute Gasteiger partial charge is 0.496 e. The lowest BCUT2D eigenvalue weighted by Crippen LogP contribution is -1.86. The van der Waals surface area contributed by atoms with Gasteiger partial charge in [0, 0.05) is 10.5 Å². The van der Waals surface area contributed by atoms with Crippen LogP contribution in [0.25, 0.3) is 11.4 Å². The minimum atomic E-state index is 0.544. The first-order valence-corrected chi connectivity index (χ1v) is 4.37. The molecule has 0 aliphatic rings. The van der Waals surface area contributed by atoms with Gasteiger partial charge in [-0.3, -0.25) is 0 Å². The summed E-state index contributed by atoms with van der Waals surface area (Å²) in [5, 5.41) is 13.6. The Kier molecular flexibility index (Phi) is 2.36. The monoisotopic (exact) mass is 208 g/mol. The van der Waals surface area contributed by atoms with Crippen LogP contribution in [0.2, 0.25) is 0 Å². The zero-order valence-corrected chi connectivity index (χ0v) is 8.32. The zero-order chi connectivity index (χ0) is 9.97. The number of aromatic nitrogens is 4. The summed E-state index contributed by atoms with van der Waals surface area (Å²) < 4.78 is 5.08. The topological polar surface area (TPSA) is 63.7 Å². The maximum Gasteiger partial charge on any atom is 0.204 e. The lowest BCUT2D eigenvalue weighted by atomic mass is 10.2. The lowest BCUT2D eigenvalue weighted by molar-refractivity contribution is 0.405. The summed E-state index contributed by atoms with van der Waals surface area (Å²) >= 11 is 4.27. The highest BCUT2D eigenvalue weighted by molar-refractivity contribution is 7.80. The molecule has 1 N–H and O–H groups in total. The number of tetrazole rings is 1. The van der Waals surface area contributed by atoms with Gasteiger partial charge in [0.2, 0.25) is 5.82 Å². The van der Waals surface area contributed by atoms with Gasteiger partial charge in [-0.2, -0.15) is 5.21 Å². The number of nitrogens with one attached hydrogen (secondary N) is 1. The van der Waals surface area contributed by atoms with E-state index in [0.29, 0.717) is 5.82 Å². The van der Waals surface area contributed by atoms with Crippen molar-refractivity contribution in [3.8, 4) is 17.1 Å². The maximum absolute atomic E-state index is 5.08. The number of hydrogen-bond donors (Lipinski definition) is 2. The molecule has 1 aromatic heterocycles. The van der Waals surface area contributed by atoms with Crippen LogP contribution in [0.15, 0.2) is 23.1 Å². The van der Waals surface area contributed by atoms with Gasteiger partial charge in [0.15, 0.2) is 0 Å². The van der Waals surface area contributed by atoms with E-state index in [1.807, 2.05) is 18.2 Å². The lowest BCUT2D eigenvalue weighted by Gasteiger charge is -2.03. The van der Waals surface area contributed by atoms with E-state index >= 15 is 0 Å². The van der Waals surface area contributed by atoms with Gasteiger partial charge < -0.3 is 4.74 Å². The molecule has 0 saturated carbocycles. The van der Waals surface area contributed by atoms with E-state index in [0.717, 1.165) is 16.2 Å². The summed E-state index contributed by atoms with van der Waals surface area (Å²) in [5.74, 6) is 1.27. The molecule has 0 atom stereocenters. The van der Waals surface area contributed by atoms with E-state index in [1.165, 1.54) is 0 Å². The summed E-state index contributed by atoms with van der Waals surface area (Å²) in [5.41, 5.74) is 0.851. The van der Waals surface area contributed by atoms with Gasteiger partial charge in [0.25, 0.3) is 0 Å². The molecule has 0 unspecified atom stereocenters. The maximum atomic E-state index is 5.08. The summed E-state index contributed by atoms with van der Waals surface area (Å²) in [6.45, 7) is 0. The van der Waals surface area contributed by atoms with Gasteiger partial charge in [-0.1, -0.05) is 0 Å². The molecule has 6 heteroatoms. The average molecular weight is 208 g/mol. The van der Waals surface area contributed by atoms with E-state index in [4.69, 9.17) is 4.74 Å². The van der Waals surface area contributed by atoms with Gasteiger partial charge >= 0.3 is 0 Å². The Morgan fingerprint density at radius 1 is 1.43 bits per heavy atom. The average Bonchev–Trinajstić information content (AvgIpc) is 2.70. The van der Waals surface area contributed by atoms with E-state index in [1.54, 1.807) is 7.11 Å². The second-order valence-corrected chi connectivity index (χ2v) is 3.10. The number of ether oxygens (including phenoxy) is 1. The molecule has 14 heavy (non-hydrogen) atoms. The van der Waals surface area contributed by atoms with Crippen LogP contribution in [-0.2, 0) is 0 Å². The molecule has 72 valence electrons. The van der Waals surface area contributed by atoms with Crippen molar-refractivity contribution >= 4 is 12.6 Å². The molecule has 0 fully saturated rings. The van der Waals surface area contributed by atoms with Crippen LogP contribution in [0.3, 0.4) is 0 Å². The van der Waals surface area contributed by atoms with Gasteiger partial charge in [-0.15, -0.1) is 22.8 Å². The number of H-pyrrole nitrogens is 1. The van der Waals surface area contributed by atoms with Gasteiger partial charge in [-0.05, 0) is 23.4 Å². The minimum Gasteiger partial charge on any atom is -0.496 e. The second-order valence-electron chi connectivity index (χ2n) is 2.62. The number of aromatic amines is 1. The summed E-state index contributed by atoms with van der Waals surface area (Å²) in [4.78, 5) is 0.745. The van der Waals surface area contributed by atoms with Crippen LogP contribution in [0.4, 0.5) is 0 Å². The summed E-state index contributed by atoms with van der Waals surface area (Å²) in [7, 11) is 1.60. The van der Waals surface area contributed by atoms with Gasteiger partial charge in [-0.25, -0.2) is 0 Å². The molecule has 5 nitrogen and oxygen atoms in total. The third kappa shape index (κ3) is 1.56. The molecular weight excluding hydrogens is 200 g/mol. The number of benzene rings is 1. The summed E-state index contributed by atoms with van der Waals surface area (Å²) in [6, 6.07) is 5.49. The first-order chi connectivity index (χ1) is 6.81. The zero-order valence-electron chi connectivity index (χ0n) is 7.43. The quantitative estimate of drug-likeness (QED) is 0.727. The van der Waals surface area contributed by atoms with Crippen LogP contribution >= 0.6 is 12.6 Å². The molecule has 0 saturated heterocycles. The van der Waals surface area contributed by atoms with Crippen molar-refractivity contribution < 1.29 is 4.74 Å². The highest BCUT2D eigenvalue weighted by Crippen LogP contribution is 2.26. The molecule has 0 aliphatic heterocycles. The Labute approximate surface area is 85.9 Å². The van der Waals surface area contributed by atoms with Crippen molar-refractivity contribution in [3.63, 3.8) is 0 Å². The predicted molar refractivity (Wildman–Crippen MR) is 53.4 cm³/mol. The van der Waals surface area contributed by atoms with E-state index in [9.17, 15) is 0 Å². The highest BCUT2D eigenvalue weighted by atomic mass is 32.1. The van der Waals surface area contributed by atoms with Crippen molar-refractivity contribution in [3.05, 3.63) is 18.2 Å². The Hall–Kier alpha value is -1.56. The fourth-order valence-electron chi connectivity index (χ4n) is 1.11. The van der Waals surface area contributed by atoms with E-state index < -0.39 is 0 Å². The van der Waals surface area contributed by atoms with Crippen molar-refractivity contribution in [1.82, 2.24) is 20.6 Å². The van der Waals surface area contributed by atoms with Crippen molar-refractivity contribution in [2.75, 3.05) is 7.11 Å². The second kappa shape index (κ2) is 3.67. The highest BCUT2D eigenvalue weighted by Gasteiger charge is 2.05. The molecule has 1 heterocycles. The van der Waals surface area contributed by atoms with Crippen LogP contribution in [0, 0.1) is 0 Å². The fourth-order valence-corrected chi connectivity index (χ4v) is 1.42. The van der Waals surface area contributed by atoms with Crippen LogP contribution in [0.5, 0.6) is 5.75 Å². The number of methoxy groups -OCH3 is 1. The van der Waals surface area contributed by atoms with Crippen molar-refractivity contribution in [2.24, 2.45) is 0 Å². The third-order valence-electron chi connectivity index (χ3n) is 1.78. The Morgan fingerprint density at radius 3 is 2.86 bits per heavy atom. The number of nitrogens with zero attached hydrogens (tertiary/aromatic N) is 3. The molecule has 0 amide bonds. The van der Waals surface area contributed by atoms with Gasteiger partial charge in [0.1, 0.15) is 5.75 Å². The van der Waals surface area contributed by atoms with Gasteiger partial charge in [0.05, 0.1) is 7.11 Å². The molecule has 0 radical (unpaired) electrons. The third-order valence-corrected chi connectivity index (χ3v) is 2.13. The minimum absolute atomic E-state index is 0.544. The van der Waals surface area contributed by atoms with E-state index in [-0.39, 0.29) is 0 Å². The molecule has 0 aliphatic carbocycles. The van der Waals surface area contributed by atoms with Crippen LogP contribution < -0.4 is 4.74 Å².